The number of fused-ring (bicyclic) bond motifs is 1. The van der Waals surface area contributed by atoms with Crippen LogP contribution in [0, 0.1) is 12.8 Å². The van der Waals surface area contributed by atoms with Gasteiger partial charge in [-0.25, -0.2) is 0 Å². The zero-order valence-electron chi connectivity index (χ0n) is 14.0. The van der Waals surface area contributed by atoms with Gasteiger partial charge in [0.05, 0.1) is 0 Å². The number of benzene rings is 1. The van der Waals surface area contributed by atoms with Crippen LogP contribution in [0.5, 0.6) is 0 Å². The second kappa shape index (κ2) is 4.72. The van der Waals surface area contributed by atoms with Crippen LogP contribution in [0.15, 0.2) is 12.1 Å². The van der Waals surface area contributed by atoms with Gasteiger partial charge in [0.25, 0.3) is 0 Å². The van der Waals surface area contributed by atoms with Gasteiger partial charge in [0.15, 0.2) is 0 Å². The molecule has 2 unspecified atom stereocenters. The maximum Gasteiger partial charge on any atom is 0.127 e. The maximum absolute atomic E-state index is 11.2. The van der Waals surface area contributed by atoms with Gasteiger partial charge >= 0.3 is 0 Å². The highest BCUT2D eigenvalue weighted by atomic mass is 16.1. The molecule has 110 valence electrons. The molecule has 20 heavy (non-hydrogen) atoms. The molecule has 2 rings (SSSR count). The van der Waals surface area contributed by atoms with Gasteiger partial charge in [-0.1, -0.05) is 53.7 Å². The summed E-state index contributed by atoms with van der Waals surface area (Å²) in [6.07, 6.45) is 2.25. The van der Waals surface area contributed by atoms with Crippen molar-refractivity contribution in [3.05, 3.63) is 34.4 Å². The lowest BCUT2D eigenvalue weighted by Crippen LogP contribution is -2.40. The Bertz CT molecular complexity index is 537. The second-order valence-electron chi connectivity index (χ2n) is 7.89. The van der Waals surface area contributed by atoms with Crippen molar-refractivity contribution in [2.75, 3.05) is 0 Å². The number of aryl methyl sites for hydroxylation is 1. The van der Waals surface area contributed by atoms with Crippen molar-refractivity contribution in [2.45, 2.75) is 71.6 Å². The molecule has 0 aliphatic heterocycles. The van der Waals surface area contributed by atoms with E-state index in [-0.39, 0.29) is 16.7 Å². The largest absolute Gasteiger partial charge is 0.303 e. The number of rotatable bonds is 2. The molecule has 0 amide bonds. The Balaban J connectivity index is 2.71. The molecule has 1 aromatic rings. The topological polar surface area (TPSA) is 17.1 Å². The van der Waals surface area contributed by atoms with Gasteiger partial charge in [0.1, 0.15) is 6.29 Å². The molecule has 0 N–H and O–H groups in total. The summed E-state index contributed by atoms with van der Waals surface area (Å²) in [6.45, 7) is 15.9. The van der Waals surface area contributed by atoms with E-state index in [0.717, 1.165) is 6.29 Å². The minimum atomic E-state index is -0.0152. The maximum atomic E-state index is 11.2. The van der Waals surface area contributed by atoms with Crippen LogP contribution >= 0.6 is 0 Å². The minimum absolute atomic E-state index is 0.0152. The van der Waals surface area contributed by atoms with E-state index in [4.69, 9.17) is 0 Å². The molecular formula is C19H28O. The van der Waals surface area contributed by atoms with Crippen LogP contribution in [0.1, 0.15) is 76.1 Å². The first-order valence-electron chi connectivity index (χ1n) is 7.72. The van der Waals surface area contributed by atoms with Crippen molar-refractivity contribution in [3.8, 4) is 0 Å². The molecule has 0 spiro atoms. The van der Waals surface area contributed by atoms with Crippen molar-refractivity contribution in [1.29, 1.82) is 0 Å². The summed E-state index contributed by atoms with van der Waals surface area (Å²) < 4.78 is 0. The lowest BCUT2D eigenvalue weighted by molar-refractivity contribution is -0.108. The average molecular weight is 272 g/mol. The van der Waals surface area contributed by atoms with E-state index in [1.807, 2.05) is 6.92 Å². The molecule has 0 radical (unpaired) electrons. The Hall–Kier alpha value is -1.11. The third-order valence-electron chi connectivity index (χ3n) is 5.57. The van der Waals surface area contributed by atoms with Crippen molar-refractivity contribution in [2.24, 2.45) is 5.92 Å². The molecule has 1 aliphatic rings. The molecule has 1 nitrogen and oxygen atoms in total. The van der Waals surface area contributed by atoms with Crippen molar-refractivity contribution >= 4 is 6.29 Å². The van der Waals surface area contributed by atoms with E-state index in [1.54, 1.807) is 0 Å². The number of hydrogen-bond donors (Lipinski definition) is 0. The van der Waals surface area contributed by atoms with Crippen molar-refractivity contribution in [1.82, 2.24) is 0 Å². The Morgan fingerprint density at radius 1 is 1.20 bits per heavy atom. The van der Waals surface area contributed by atoms with E-state index in [2.05, 4.69) is 53.7 Å². The van der Waals surface area contributed by atoms with E-state index in [0.29, 0.717) is 5.92 Å². The van der Waals surface area contributed by atoms with Crippen LogP contribution in [0.4, 0.5) is 0 Å². The first kappa shape index (κ1) is 15.3. The molecule has 0 aromatic heterocycles. The molecule has 1 aliphatic carbocycles. The quantitative estimate of drug-likeness (QED) is 0.700. The fourth-order valence-corrected chi connectivity index (χ4v) is 3.78. The van der Waals surface area contributed by atoms with Crippen molar-refractivity contribution < 1.29 is 4.79 Å². The predicted molar refractivity (Wildman–Crippen MR) is 85.5 cm³/mol. The van der Waals surface area contributed by atoms with Gasteiger partial charge in [-0.2, -0.15) is 0 Å². The van der Waals surface area contributed by atoms with Crippen LogP contribution in [-0.2, 0) is 15.6 Å². The Kier molecular flexibility index (Phi) is 3.60. The van der Waals surface area contributed by atoms with Gasteiger partial charge in [0, 0.05) is 5.92 Å². The first-order valence-corrected chi connectivity index (χ1v) is 7.72. The molecule has 0 saturated carbocycles. The van der Waals surface area contributed by atoms with Gasteiger partial charge in [-0.3, -0.25) is 0 Å². The summed E-state index contributed by atoms with van der Waals surface area (Å²) in [5, 5.41) is 0. The molecule has 0 bridgehead atoms. The summed E-state index contributed by atoms with van der Waals surface area (Å²) in [7, 11) is 0. The smallest absolute Gasteiger partial charge is 0.127 e. The predicted octanol–water partition coefficient (Wildman–Crippen LogP) is 4.89. The van der Waals surface area contributed by atoms with E-state index < -0.39 is 0 Å². The zero-order valence-corrected chi connectivity index (χ0v) is 14.0. The first-order chi connectivity index (χ1) is 9.11. The summed E-state index contributed by atoms with van der Waals surface area (Å²) in [4.78, 5) is 11.2. The van der Waals surface area contributed by atoms with Crippen molar-refractivity contribution in [3.63, 3.8) is 0 Å². The van der Waals surface area contributed by atoms with E-state index >= 15 is 0 Å². The van der Waals surface area contributed by atoms with Crippen LogP contribution < -0.4 is 0 Å². The lowest BCUT2D eigenvalue weighted by Gasteiger charge is -2.47. The number of carbonyl (C=O) groups is 1. The fraction of sp³-hybridized carbons (Fsp3) is 0.632. The molecule has 1 aromatic carbocycles. The van der Waals surface area contributed by atoms with Gasteiger partial charge in [0.2, 0.25) is 0 Å². The molecular weight excluding hydrogens is 244 g/mol. The van der Waals surface area contributed by atoms with Crippen LogP contribution in [0.2, 0.25) is 0 Å². The van der Waals surface area contributed by atoms with Gasteiger partial charge in [-0.05, 0) is 52.3 Å². The zero-order chi connectivity index (χ0) is 15.3. The molecule has 1 heteroatoms. The average Bonchev–Trinajstić information content (AvgIpc) is 2.35. The van der Waals surface area contributed by atoms with Crippen LogP contribution in [-0.4, -0.2) is 6.29 Å². The van der Waals surface area contributed by atoms with Gasteiger partial charge in [-0.15, -0.1) is 0 Å². The molecule has 0 heterocycles. The number of hydrogen-bond acceptors (Lipinski definition) is 1. The molecule has 0 saturated heterocycles. The highest BCUT2D eigenvalue weighted by molar-refractivity contribution is 5.64. The second-order valence-corrected chi connectivity index (χ2v) is 7.89. The summed E-state index contributed by atoms with van der Waals surface area (Å²) in [6, 6.07) is 4.64. The summed E-state index contributed by atoms with van der Waals surface area (Å²) in [5.41, 5.74) is 5.75. The van der Waals surface area contributed by atoms with Crippen LogP contribution in [0.3, 0.4) is 0 Å². The monoisotopic (exact) mass is 272 g/mol. The lowest BCUT2D eigenvalue weighted by atomic mass is 9.57. The highest BCUT2D eigenvalue weighted by Crippen LogP contribution is 2.49. The standard InChI is InChI=1S/C19H28O/c1-12-8-17-16(9-15(12)13(2)11-20)18(4,5)10-14(3)19(17,6)7/h8-9,11,13-14H,10H2,1-7H3. The number of carbonyl (C=O) groups excluding carboxylic acids is 1. The summed E-state index contributed by atoms with van der Waals surface area (Å²) >= 11 is 0. The fourth-order valence-electron chi connectivity index (χ4n) is 3.78. The third-order valence-corrected chi connectivity index (χ3v) is 5.57. The SMILES string of the molecule is Cc1cc2c(cc1C(C)C=O)C(C)(C)CC(C)C2(C)C. The third kappa shape index (κ3) is 2.21. The number of aldehydes is 1. The Morgan fingerprint density at radius 2 is 1.80 bits per heavy atom. The molecule has 0 fully saturated rings. The Morgan fingerprint density at radius 3 is 2.35 bits per heavy atom. The van der Waals surface area contributed by atoms with Crippen LogP contribution in [0.25, 0.3) is 0 Å². The summed E-state index contributed by atoms with van der Waals surface area (Å²) in [5.74, 6) is 0.650. The van der Waals surface area contributed by atoms with E-state index in [9.17, 15) is 4.79 Å². The highest BCUT2D eigenvalue weighted by Gasteiger charge is 2.42. The normalized spacial score (nSPS) is 24.9. The van der Waals surface area contributed by atoms with E-state index in [1.165, 1.54) is 28.7 Å². The minimum Gasteiger partial charge on any atom is -0.303 e. The van der Waals surface area contributed by atoms with Gasteiger partial charge < -0.3 is 4.79 Å². The Labute approximate surface area is 123 Å². The molecule has 2 atom stereocenters.